The molecule has 0 saturated carbocycles. The number of hydrogen-bond acceptors (Lipinski definition) is 3. The summed E-state index contributed by atoms with van der Waals surface area (Å²) >= 11 is 0. The molecule has 2 aromatic heterocycles. The van der Waals surface area contributed by atoms with Crippen LogP contribution in [0.15, 0.2) is 102 Å². The molecular formula is C31H19N3O. The highest BCUT2D eigenvalue weighted by atomic mass is 16.3. The number of imidazole rings is 1. The zero-order chi connectivity index (χ0) is 23.1. The van der Waals surface area contributed by atoms with Gasteiger partial charge in [0.2, 0.25) is 0 Å². The van der Waals surface area contributed by atoms with Gasteiger partial charge in [0.05, 0.1) is 17.4 Å². The van der Waals surface area contributed by atoms with Gasteiger partial charge in [-0.2, -0.15) is 0 Å². The molecular weight excluding hydrogens is 430 g/mol. The van der Waals surface area contributed by atoms with E-state index in [1.54, 1.807) is 6.39 Å². The third kappa shape index (κ3) is 2.46. The van der Waals surface area contributed by atoms with Gasteiger partial charge in [-0.1, -0.05) is 72.8 Å². The quantitative estimate of drug-likeness (QED) is 0.239. The van der Waals surface area contributed by atoms with Crippen molar-refractivity contribution in [3.63, 3.8) is 0 Å². The van der Waals surface area contributed by atoms with Crippen LogP contribution in [0.25, 0.3) is 76.3 Å². The fraction of sp³-hybridized carbons (Fsp3) is 0.0323. The number of aromatic nitrogens is 3. The second kappa shape index (κ2) is 6.67. The second-order valence-electron chi connectivity index (χ2n) is 9.19. The van der Waals surface area contributed by atoms with Crippen molar-refractivity contribution in [1.82, 2.24) is 14.5 Å². The number of aryl methyl sites for hydroxylation is 1. The molecule has 4 nitrogen and oxygen atoms in total. The maximum atomic E-state index is 5.89. The summed E-state index contributed by atoms with van der Waals surface area (Å²) in [5, 5.41) is 9.43. The van der Waals surface area contributed by atoms with E-state index < -0.39 is 0 Å². The summed E-state index contributed by atoms with van der Waals surface area (Å²) in [6.45, 7) is 0. The summed E-state index contributed by atoms with van der Waals surface area (Å²) in [4.78, 5) is 9.32. The van der Waals surface area contributed by atoms with Crippen molar-refractivity contribution < 1.29 is 4.42 Å². The van der Waals surface area contributed by atoms with Gasteiger partial charge < -0.3 is 8.98 Å². The Labute approximate surface area is 200 Å². The van der Waals surface area contributed by atoms with Crippen LogP contribution in [0.5, 0.6) is 0 Å². The molecule has 8 rings (SSSR count). The summed E-state index contributed by atoms with van der Waals surface area (Å²) in [5.41, 5.74) is 6.24. The third-order valence-corrected chi connectivity index (χ3v) is 7.32. The smallest absolute Gasteiger partial charge is 0.182 e. The minimum Gasteiger partial charge on any atom is -0.443 e. The van der Waals surface area contributed by atoms with Gasteiger partial charge in [0.1, 0.15) is 5.52 Å². The van der Waals surface area contributed by atoms with Crippen molar-refractivity contribution in [3.05, 3.63) is 97.7 Å². The molecule has 0 aliphatic heterocycles. The lowest BCUT2D eigenvalue weighted by Gasteiger charge is -2.11. The van der Waals surface area contributed by atoms with Gasteiger partial charge in [-0.15, -0.1) is 0 Å². The molecule has 0 spiro atoms. The van der Waals surface area contributed by atoms with Crippen LogP contribution in [-0.2, 0) is 7.05 Å². The van der Waals surface area contributed by atoms with Gasteiger partial charge in [0.15, 0.2) is 12.0 Å². The van der Waals surface area contributed by atoms with E-state index in [4.69, 9.17) is 9.40 Å². The van der Waals surface area contributed by atoms with Crippen LogP contribution >= 0.6 is 0 Å². The molecule has 164 valence electrons. The molecule has 0 atom stereocenters. The first-order valence-electron chi connectivity index (χ1n) is 11.7. The maximum absolute atomic E-state index is 5.89. The molecule has 0 unspecified atom stereocenters. The Morgan fingerprint density at radius 1 is 0.571 bits per heavy atom. The average molecular weight is 450 g/mol. The summed E-state index contributed by atoms with van der Waals surface area (Å²) in [5.74, 6) is 0. The van der Waals surface area contributed by atoms with Crippen LogP contribution in [0, 0.1) is 0 Å². The number of fused-ring (bicyclic) bond motifs is 12. The average Bonchev–Trinajstić information content (AvgIpc) is 3.56. The first-order valence-corrected chi connectivity index (χ1v) is 11.7. The van der Waals surface area contributed by atoms with E-state index in [9.17, 15) is 0 Å². The van der Waals surface area contributed by atoms with E-state index >= 15 is 0 Å². The first kappa shape index (κ1) is 18.7. The fourth-order valence-corrected chi connectivity index (χ4v) is 5.72. The SMILES string of the molecule is Cn1cnc2c3cc(-c4ccc5c6ccccc6c6ncoc6c5c4)ccc3c3ccccc3c21. The van der Waals surface area contributed by atoms with Gasteiger partial charge in [-0.25, -0.2) is 9.97 Å². The summed E-state index contributed by atoms with van der Waals surface area (Å²) < 4.78 is 8.00. The van der Waals surface area contributed by atoms with Crippen LogP contribution < -0.4 is 0 Å². The highest BCUT2D eigenvalue weighted by Crippen LogP contribution is 2.39. The van der Waals surface area contributed by atoms with E-state index in [2.05, 4.69) is 95.5 Å². The molecule has 0 saturated heterocycles. The lowest BCUT2D eigenvalue weighted by atomic mass is 9.93. The molecule has 2 heterocycles. The fourth-order valence-electron chi connectivity index (χ4n) is 5.72. The van der Waals surface area contributed by atoms with Crippen LogP contribution in [-0.4, -0.2) is 14.5 Å². The third-order valence-electron chi connectivity index (χ3n) is 7.32. The Bertz CT molecular complexity index is 2130. The minimum atomic E-state index is 0.833. The van der Waals surface area contributed by atoms with E-state index in [1.165, 1.54) is 37.8 Å². The minimum absolute atomic E-state index is 0.833. The van der Waals surface area contributed by atoms with Gasteiger partial charge in [0, 0.05) is 28.6 Å². The van der Waals surface area contributed by atoms with Crippen molar-refractivity contribution >= 4 is 65.2 Å². The van der Waals surface area contributed by atoms with Gasteiger partial charge in [-0.3, -0.25) is 0 Å². The predicted octanol–water partition coefficient (Wildman–Crippen LogP) is 7.99. The van der Waals surface area contributed by atoms with Gasteiger partial charge in [0.25, 0.3) is 0 Å². The zero-order valence-corrected chi connectivity index (χ0v) is 19.0. The van der Waals surface area contributed by atoms with E-state index in [0.29, 0.717) is 0 Å². The molecule has 0 aliphatic carbocycles. The van der Waals surface area contributed by atoms with Crippen LogP contribution in [0.4, 0.5) is 0 Å². The highest BCUT2D eigenvalue weighted by molar-refractivity contribution is 6.25. The monoisotopic (exact) mass is 449 g/mol. The largest absolute Gasteiger partial charge is 0.443 e. The highest BCUT2D eigenvalue weighted by Gasteiger charge is 2.15. The van der Waals surface area contributed by atoms with Crippen LogP contribution in [0.2, 0.25) is 0 Å². The summed E-state index contributed by atoms with van der Waals surface area (Å²) in [7, 11) is 2.06. The predicted molar refractivity (Wildman–Crippen MR) is 144 cm³/mol. The molecule has 4 heteroatoms. The lowest BCUT2D eigenvalue weighted by Crippen LogP contribution is -1.88. The number of rotatable bonds is 1. The second-order valence-corrected chi connectivity index (χ2v) is 9.19. The first-order chi connectivity index (χ1) is 17.3. The number of nitrogens with zero attached hydrogens (tertiary/aromatic N) is 3. The maximum Gasteiger partial charge on any atom is 0.182 e. The Balaban J connectivity index is 1.45. The Hall–Kier alpha value is -4.70. The van der Waals surface area contributed by atoms with E-state index in [1.807, 2.05) is 12.4 Å². The van der Waals surface area contributed by atoms with Crippen molar-refractivity contribution in [1.29, 1.82) is 0 Å². The Morgan fingerprint density at radius 2 is 1.17 bits per heavy atom. The molecule has 0 radical (unpaired) electrons. The topological polar surface area (TPSA) is 43.9 Å². The number of benzene rings is 6. The van der Waals surface area contributed by atoms with E-state index in [-0.39, 0.29) is 0 Å². The molecule has 6 aromatic carbocycles. The van der Waals surface area contributed by atoms with Crippen LogP contribution in [0.3, 0.4) is 0 Å². The van der Waals surface area contributed by atoms with Gasteiger partial charge in [-0.05, 0) is 44.8 Å². The van der Waals surface area contributed by atoms with Crippen LogP contribution in [0.1, 0.15) is 0 Å². The summed E-state index contributed by atoms with van der Waals surface area (Å²) in [6, 6.07) is 30.3. The molecule has 35 heavy (non-hydrogen) atoms. The number of oxazole rings is 1. The molecule has 0 amide bonds. The van der Waals surface area contributed by atoms with Gasteiger partial charge >= 0.3 is 0 Å². The molecule has 8 aromatic rings. The Morgan fingerprint density at radius 3 is 1.94 bits per heavy atom. The molecule has 0 bridgehead atoms. The van der Waals surface area contributed by atoms with Crippen molar-refractivity contribution in [2.45, 2.75) is 0 Å². The number of hydrogen-bond donors (Lipinski definition) is 0. The molecule has 0 aliphatic rings. The molecule has 0 fully saturated rings. The zero-order valence-electron chi connectivity index (χ0n) is 19.0. The Kier molecular flexibility index (Phi) is 3.56. The van der Waals surface area contributed by atoms with E-state index in [0.717, 1.165) is 38.5 Å². The standard InChI is InChI=1S/C31H19N3O/c1-34-16-32-28-26-14-18(10-12-22(26)21-7-3-5-9-25(21)30(28)34)19-11-13-23-20-6-2-4-8-24(20)29-31(27(23)15-19)35-17-33-29/h2-17H,1H3. The lowest BCUT2D eigenvalue weighted by molar-refractivity contribution is 0.605. The van der Waals surface area contributed by atoms with Crippen molar-refractivity contribution in [2.24, 2.45) is 7.05 Å². The molecule has 0 N–H and O–H groups in total. The summed E-state index contributed by atoms with van der Waals surface area (Å²) in [6.07, 6.45) is 3.45. The normalized spacial score (nSPS) is 12.1. The van der Waals surface area contributed by atoms with Crippen molar-refractivity contribution in [2.75, 3.05) is 0 Å². The van der Waals surface area contributed by atoms with Crippen molar-refractivity contribution in [3.8, 4) is 11.1 Å².